The number of carbonyl (C=O) groups is 2. The first-order chi connectivity index (χ1) is 10.8. The molecule has 0 atom stereocenters. The Hall–Kier alpha value is -2.71. The molecule has 0 bridgehead atoms. The molecule has 0 saturated heterocycles. The van der Waals surface area contributed by atoms with Crippen LogP contribution in [0.5, 0.6) is 0 Å². The lowest BCUT2D eigenvalue weighted by Gasteiger charge is -2.22. The van der Waals surface area contributed by atoms with Crippen LogP contribution in [0.2, 0.25) is 0 Å². The summed E-state index contributed by atoms with van der Waals surface area (Å²) in [6, 6.07) is 5.95. The molecule has 1 saturated carbocycles. The van der Waals surface area contributed by atoms with Crippen molar-refractivity contribution in [3.05, 3.63) is 30.2 Å². The van der Waals surface area contributed by atoms with Crippen LogP contribution in [0.3, 0.4) is 0 Å². The summed E-state index contributed by atoms with van der Waals surface area (Å²) in [5.74, 6) is -2.12. The van der Waals surface area contributed by atoms with E-state index in [1.807, 2.05) is 0 Å². The van der Waals surface area contributed by atoms with Crippen LogP contribution in [0.25, 0.3) is 11.4 Å². The van der Waals surface area contributed by atoms with Crippen molar-refractivity contribution in [1.82, 2.24) is 10.1 Å². The Balaban J connectivity index is 1.68. The second-order valence-electron chi connectivity index (χ2n) is 5.13. The average molecular weight is 325 g/mol. The van der Waals surface area contributed by atoms with E-state index in [0.29, 0.717) is 11.3 Å². The number of aromatic nitrogens is 2. The number of hydrogen-bond acceptors (Lipinski definition) is 5. The van der Waals surface area contributed by atoms with Gasteiger partial charge >= 0.3 is 12.1 Å². The minimum absolute atomic E-state index is 0.0538. The van der Waals surface area contributed by atoms with E-state index in [0.717, 1.165) is 0 Å². The highest BCUT2D eigenvalue weighted by Gasteiger charge is 2.38. The Kier molecular flexibility index (Phi) is 3.63. The highest BCUT2D eigenvalue weighted by atomic mass is 19.4. The minimum atomic E-state index is -4.70. The number of hydrogen-bond donors (Lipinski definition) is 1. The molecule has 1 aliphatic rings. The van der Waals surface area contributed by atoms with E-state index < -0.39 is 12.1 Å². The van der Waals surface area contributed by atoms with Crippen LogP contribution in [-0.4, -0.2) is 21.8 Å². The molecule has 1 amide bonds. The fraction of sp³-hybridized carbons (Fsp3) is 0.286. The van der Waals surface area contributed by atoms with Crippen molar-refractivity contribution in [3.63, 3.8) is 0 Å². The lowest BCUT2D eigenvalue weighted by atomic mass is 9.83. The largest absolute Gasteiger partial charge is 0.471 e. The van der Waals surface area contributed by atoms with Gasteiger partial charge in [0.1, 0.15) is 5.78 Å². The molecule has 2 aromatic rings. The van der Waals surface area contributed by atoms with Gasteiger partial charge in [-0.2, -0.15) is 18.2 Å². The van der Waals surface area contributed by atoms with E-state index in [2.05, 4.69) is 20.0 Å². The third kappa shape index (κ3) is 3.22. The topological polar surface area (TPSA) is 85.1 Å². The molecule has 1 heterocycles. The van der Waals surface area contributed by atoms with E-state index in [1.54, 1.807) is 0 Å². The molecule has 1 N–H and O–H groups in total. The van der Waals surface area contributed by atoms with E-state index in [1.165, 1.54) is 24.3 Å². The van der Waals surface area contributed by atoms with Crippen molar-refractivity contribution in [3.8, 4) is 11.4 Å². The summed E-state index contributed by atoms with van der Waals surface area (Å²) < 4.78 is 41.4. The van der Waals surface area contributed by atoms with Gasteiger partial charge in [-0.25, -0.2) is 0 Å². The van der Waals surface area contributed by atoms with Crippen molar-refractivity contribution in [1.29, 1.82) is 0 Å². The molecule has 0 unspecified atom stereocenters. The first-order valence-corrected chi connectivity index (χ1v) is 6.67. The number of halogens is 3. The molecule has 1 aliphatic carbocycles. The summed E-state index contributed by atoms with van der Waals surface area (Å²) in [4.78, 5) is 25.9. The van der Waals surface area contributed by atoms with Crippen molar-refractivity contribution >= 4 is 17.4 Å². The zero-order chi connectivity index (χ0) is 16.6. The molecule has 9 heteroatoms. The van der Waals surface area contributed by atoms with Crippen LogP contribution in [0.4, 0.5) is 18.9 Å². The number of anilines is 1. The third-order valence-corrected chi connectivity index (χ3v) is 3.40. The average Bonchev–Trinajstić information content (AvgIpc) is 2.94. The lowest BCUT2D eigenvalue weighted by Crippen LogP contribution is -2.34. The SMILES string of the molecule is O=C1CC(C(=O)Nc2ccc(-c3noc(C(F)(F)F)n3)cc2)C1. The van der Waals surface area contributed by atoms with Gasteiger partial charge in [0.25, 0.3) is 0 Å². The van der Waals surface area contributed by atoms with Crippen LogP contribution < -0.4 is 5.32 Å². The number of Topliss-reactive ketones (excluding diaryl/α,β-unsaturated/α-hetero) is 1. The third-order valence-electron chi connectivity index (χ3n) is 3.40. The number of ketones is 1. The maximum atomic E-state index is 12.4. The monoisotopic (exact) mass is 325 g/mol. The first-order valence-electron chi connectivity index (χ1n) is 6.67. The Morgan fingerprint density at radius 1 is 1.22 bits per heavy atom. The zero-order valence-electron chi connectivity index (χ0n) is 11.6. The fourth-order valence-electron chi connectivity index (χ4n) is 2.08. The predicted octanol–water partition coefficient (Wildman–Crippen LogP) is 2.67. The molecule has 1 aromatic carbocycles. The van der Waals surface area contributed by atoms with Crippen LogP contribution in [-0.2, 0) is 15.8 Å². The summed E-state index contributed by atoms with van der Waals surface area (Å²) in [6.07, 6.45) is -4.21. The molecule has 0 aliphatic heterocycles. The molecule has 3 rings (SSSR count). The second kappa shape index (κ2) is 5.49. The Morgan fingerprint density at radius 2 is 1.87 bits per heavy atom. The van der Waals surface area contributed by atoms with Crippen molar-refractivity contribution in [2.24, 2.45) is 5.92 Å². The van der Waals surface area contributed by atoms with Crippen molar-refractivity contribution in [2.75, 3.05) is 5.32 Å². The lowest BCUT2D eigenvalue weighted by molar-refractivity contribution is -0.159. The summed E-state index contributed by atoms with van der Waals surface area (Å²) in [7, 11) is 0. The number of carbonyl (C=O) groups excluding carboxylic acids is 2. The summed E-state index contributed by atoms with van der Waals surface area (Å²) in [6.45, 7) is 0. The molecule has 1 fully saturated rings. The van der Waals surface area contributed by atoms with Crippen LogP contribution >= 0.6 is 0 Å². The molecule has 23 heavy (non-hydrogen) atoms. The minimum Gasteiger partial charge on any atom is -0.329 e. The second-order valence-corrected chi connectivity index (χ2v) is 5.13. The van der Waals surface area contributed by atoms with Crippen molar-refractivity contribution in [2.45, 2.75) is 19.0 Å². The van der Waals surface area contributed by atoms with Crippen LogP contribution in [0, 0.1) is 5.92 Å². The molecular weight excluding hydrogens is 315 g/mol. The van der Waals surface area contributed by atoms with Crippen LogP contribution in [0.1, 0.15) is 18.7 Å². The first kappa shape index (κ1) is 15.2. The molecular formula is C14H10F3N3O3. The van der Waals surface area contributed by atoms with E-state index in [-0.39, 0.29) is 36.3 Å². The molecule has 0 radical (unpaired) electrons. The van der Waals surface area contributed by atoms with E-state index >= 15 is 0 Å². The normalized spacial score (nSPS) is 15.3. The van der Waals surface area contributed by atoms with Gasteiger partial charge in [0.05, 0.1) is 5.92 Å². The summed E-state index contributed by atoms with van der Waals surface area (Å²) in [5.41, 5.74) is 0.790. The quantitative estimate of drug-likeness (QED) is 0.938. The summed E-state index contributed by atoms with van der Waals surface area (Å²) in [5, 5.41) is 5.91. The number of nitrogens with one attached hydrogen (secondary N) is 1. The Labute approximate surface area is 127 Å². The Morgan fingerprint density at radius 3 is 2.39 bits per heavy atom. The molecule has 120 valence electrons. The highest BCUT2D eigenvalue weighted by Crippen LogP contribution is 2.30. The smallest absolute Gasteiger partial charge is 0.329 e. The maximum absolute atomic E-state index is 12.4. The molecule has 1 aromatic heterocycles. The summed E-state index contributed by atoms with van der Waals surface area (Å²) >= 11 is 0. The number of benzene rings is 1. The van der Waals surface area contributed by atoms with E-state index in [9.17, 15) is 22.8 Å². The van der Waals surface area contributed by atoms with Gasteiger partial charge in [0.15, 0.2) is 0 Å². The Bertz CT molecular complexity index is 745. The number of alkyl halides is 3. The highest BCUT2D eigenvalue weighted by molar-refractivity contribution is 6.02. The number of amides is 1. The predicted molar refractivity (Wildman–Crippen MR) is 71.1 cm³/mol. The van der Waals surface area contributed by atoms with Crippen LogP contribution in [0.15, 0.2) is 28.8 Å². The van der Waals surface area contributed by atoms with Gasteiger partial charge < -0.3 is 9.84 Å². The van der Waals surface area contributed by atoms with Gasteiger partial charge in [-0.3, -0.25) is 9.59 Å². The van der Waals surface area contributed by atoms with Gasteiger partial charge in [0, 0.05) is 24.1 Å². The zero-order valence-corrected chi connectivity index (χ0v) is 11.6. The molecule has 0 spiro atoms. The van der Waals surface area contributed by atoms with E-state index in [4.69, 9.17) is 0 Å². The standard InChI is InChI=1S/C14H10F3N3O3/c15-14(16,17)13-19-11(20-23-13)7-1-3-9(4-2-7)18-12(22)8-5-10(21)6-8/h1-4,8H,5-6H2,(H,18,22). The molecule has 6 nitrogen and oxygen atoms in total. The fourth-order valence-corrected chi connectivity index (χ4v) is 2.08. The van der Waals surface area contributed by atoms with Gasteiger partial charge in [0.2, 0.25) is 11.7 Å². The van der Waals surface area contributed by atoms with Crippen molar-refractivity contribution < 1.29 is 27.3 Å². The van der Waals surface area contributed by atoms with Gasteiger partial charge in [-0.05, 0) is 24.3 Å². The number of nitrogens with zero attached hydrogens (tertiary/aromatic N) is 2. The number of rotatable bonds is 3. The van der Waals surface area contributed by atoms with Gasteiger partial charge in [-0.1, -0.05) is 5.16 Å². The van der Waals surface area contributed by atoms with Gasteiger partial charge in [-0.15, -0.1) is 0 Å². The maximum Gasteiger partial charge on any atom is 0.471 e.